The van der Waals surface area contributed by atoms with Gasteiger partial charge in [0, 0.05) is 4.47 Å². The maximum absolute atomic E-state index is 11.6. The lowest BCUT2D eigenvalue weighted by molar-refractivity contribution is -0.149. The number of benzene rings is 1. The lowest BCUT2D eigenvalue weighted by Gasteiger charge is -2.27. The summed E-state index contributed by atoms with van der Waals surface area (Å²) in [6.45, 7) is 2.31. The Kier molecular flexibility index (Phi) is 5.25. The second-order valence-corrected chi connectivity index (χ2v) is 5.71. The molecule has 0 heterocycles. The first-order valence-corrected chi connectivity index (χ1v) is 7.57. The minimum absolute atomic E-state index is 0.0513. The van der Waals surface area contributed by atoms with Crippen LogP contribution in [0.3, 0.4) is 0 Å². The van der Waals surface area contributed by atoms with Crippen molar-refractivity contribution in [3.63, 3.8) is 0 Å². The molecule has 0 N–H and O–H groups in total. The maximum atomic E-state index is 11.6. The zero-order valence-corrected chi connectivity index (χ0v) is 12.7. The van der Waals surface area contributed by atoms with Gasteiger partial charge in [0.2, 0.25) is 0 Å². The molecule has 1 saturated carbocycles. The largest absolute Gasteiger partial charge is 0.490 e. The third kappa shape index (κ3) is 4.23. The highest BCUT2D eigenvalue weighted by molar-refractivity contribution is 9.10. The van der Waals surface area contributed by atoms with E-state index in [2.05, 4.69) is 15.9 Å². The normalized spacial score (nSPS) is 22.8. The van der Waals surface area contributed by atoms with Gasteiger partial charge in [-0.3, -0.25) is 4.79 Å². The first kappa shape index (κ1) is 14.4. The molecule has 2 rings (SSSR count). The molecule has 19 heavy (non-hydrogen) atoms. The van der Waals surface area contributed by atoms with E-state index in [0.717, 1.165) is 35.9 Å². The van der Waals surface area contributed by atoms with Crippen molar-refractivity contribution in [3.05, 3.63) is 28.7 Å². The van der Waals surface area contributed by atoms with Gasteiger partial charge in [-0.05, 0) is 56.9 Å². The van der Waals surface area contributed by atoms with Crippen LogP contribution in [-0.2, 0) is 9.53 Å². The molecule has 0 amide bonds. The smallest absolute Gasteiger partial charge is 0.308 e. The summed E-state index contributed by atoms with van der Waals surface area (Å²) in [5.41, 5.74) is 0. The van der Waals surface area contributed by atoms with Crippen molar-refractivity contribution >= 4 is 21.9 Å². The lowest BCUT2D eigenvalue weighted by Crippen LogP contribution is -2.29. The van der Waals surface area contributed by atoms with Crippen molar-refractivity contribution in [2.45, 2.75) is 38.7 Å². The van der Waals surface area contributed by atoms with Gasteiger partial charge in [-0.2, -0.15) is 0 Å². The minimum Gasteiger partial charge on any atom is -0.490 e. The van der Waals surface area contributed by atoms with Crippen molar-refractivity contribution in [3.8, 4) is 5.75 Å². The molecular formula is C15H19BrO3. The highest BCUT2D eigenvalue weighted by Crippen LogP contribution is 2.28. The Morgan fingerprint density at radius 2 is 1.84 bits per heavy atom. The highest BCUT2D eigenvalue weighted by Gasteiger charge is 2.28. The number of esters is 1. The van der Waals surface area contributed by atoms with Crippen LogP contribution in [0, 0.1) is 5.92 Å². The number of carbonyl (C=O) groups excluding carboxylic acids is 1. The molecule has 3 nitrogen and oxygen atoms in total. The maximum Gasteiger partial charge on any atom is 0.308 e. The monoisotopic (exact) mass is 326 g/mol. The number of hydrogen-bond donors (Lipinski definition) is 0. The summed E-state index contributed by atoms with van der Waals surface area (Å²) >= 11 is 3.40. The molecule has 1 aromatic rings. The molecule has 4 heteroatoms. The van der Waals surface area contributed by atoms with E-state index in [0.29, 0.717) is 6.61 Å². The molecule has 0 bridgehead atoms. The van der Waals surface area contributed by atoms with Gasteiger partial charge >= 0.3 is 5.97 Å². The van der Waals surface area contributed by atoms with Gasteiger partial charge in [0.25, 0.3) is 0 Å². The number of ether oxygens (including phenoxy) is 2. The van der Waals surface area contributed by atoms with Crippen LogP contribution in [0.25, 0.3) is 0 Å². The predicted molar refractivity (Wildman–Crippen MR) is 77.1 cm³/mol. The quantitative estimate of drug-likeness (QED) is 0.786. The van der Waals surface area contributed by atoms with Crippen molar-refractivity contribution < 1.29 is 14.3 Å². The number of carbonyl (C=O) groups is 1. The molecule has 0 aromatic heterocycles. The fourth-order valence-corrected chi connectivity index (χ4v) is 2.65. The average molecular weight is 327 g/mol. The fourth-order valence-electron chi connectivity index (χ4n) is 2.38. The second-order valence-electron chi connectivity index (χ2n) is 4.80. The Balaban J connectivity index is 1.80. The summed E-state index contributed by atoms with van der Waals surface area (Å²) < 4.78 is 12.0. The molecule has 1 fully saturated rings. The van der Waals surface area contributed by atoms with E-state index in [9.17, 15) is 4.79 Å². The second kappa shape index (κ2) is 6.94. The standard InChI is InChI=1S/C15H19BrO3/c1-2-18-15(17)11-3-7-13(8-4-11)19-14-9-5-12(16)6-10-14/h5-6,9-11,13H,2-4,7-8H2,1H3. The summed E-state index contributed by atoms with van der Waals surface area (Å²) in [6.07, 6.45) is 3.77. The molecular weight excluding hydrogens is 308 g/mol. The number of halogens is 1. The van der Waals surface area contributed by atoms with Crippen LogP contribution in [0.2, 0.25) is 0 Å². The van der Waals surface area contributed by atoms with Gasteiger partial charge in [0.15, 0.2) is 0 Å². The van der Waals surface area contributed by atoms with Crippen molar-refractivity contribution in [1.82, 2.24) is 0 Å². The van der Waals surface area contributed by atoms with Gasteiger partial charge in [0.1, 0.15) is 5.75 Å². The SMILES string of the molecule is CCOC(=O)C1CCC(Oc2ccc(Br)cc2)CC1. The van der Waals surface area contributed by atoms with Crippen LogP contribution >= 0.6 is 15.9 Å². The Hall–Kier alpha value is -1.03. The molecule has 0 spiro atoms. The van der Waals surface area contributed by atoms with Crippen molar-refractivity contribution in [1.29, 1.82) is 0 Å². The Labute approximate surface area is 122 Å². The van der Waals surface area contributed by atoms with Crippen molar-refractivity contribution in [2.75, 3.05) is 6.61 Å². The zero-order chi connectivity index (χ0) is 13.7. The fraction of sp³-hybridized carbons (Fsp3) is 0.533. The first-order chi connectivity index (χ1) is 9.19. The van der Waals surface area contributed by atoms with Gasteiger partial charge in [-0.1, -0.05) is 15.9 Å². The van der Waals surface area contributed by atoms with E-state index in [1.165, 1.54) is 0 Å². The van der Waals surface area contributed by atoms with Gasteiger partial charge in [-0.15, -0.1) is 0 Å². The zero-order valence-electron chi connectivity index (χ0n) is 11.1. The van der Waals surface area contributed by atoms with Crippen LogP contribution in [0.4, 0.5) is 0 Å². The summed E-state index contributed by atoms with van der Waals surface area (Å²) in [5.74, 6) is 0.900. The topological polar surface area (TPSA) is 35.5 Å². The van der Waals surface area contributed by atoms with Gasteiger partial charge in [0.05, 0.1) is 18.6 Å². The molecule has 0 atom stereocenters. The molecule has 0 radical (unpaired) electrons. The highest BCUT2D eigenvalue weighted by atomic mass is 79.9. The van der Waals surface area contributed by atoms with Gasteiger partial charge < -0.3 is 9.47 Å². The Morgan fingerprint density at radius 3 is 2.42 bits per heavy atom. The molecule has 104 valence electrons. The molecule has 1 aliphatic carbocycles. The van der Waals surface area contributed by atoms with Crippen LogP contribution in [0.15, 0.2) is 28.7 Å². The van der Waals surface area contributed by atoms with Crippen LogP contribution in [-0.4, -0.2) is 18.7 Å². The molecule has 0 aliphatic heterocycles. The summed E-state index contributed by atoms with van der Waals surface area (Å²) in [4.78, 5) is 11.6. The molecule has 0 saturated heterocycles. The van der Waals surface area contributed by atoms with E-state index < -0.39 is 0 Å². The Morgan fingerprint density at radius 1 is 1.21 bits per heavy atom. The molecule has 1 aliphatic rings. The van der Waals surface area contributed by atoms with Crippen LogP contribution in [0.5, 0.6) is 5.75 Å². The summed E-state index contributed by atoms with van der Waals surface area (Å²) in [6, 6.07) is 7.86. The molecule has 1 aromatic carbocycles. The average Bonchev–Trinajstić information content (AvgIpc) is 2.42. The lowest BCUT2D eigenvalue weighted by atomic mass is 9.87. The minimum atomic E-state index is -0.0513. The van der Waals surface area contributed by atoms with E-state index in [1.807, 2.05) is 31.2 Å². The number of rotatable bonds is 4. The van der Waals surface area contributed by atoms with Crippen LogP contribution in [0.1, 0.15) is 32.6 Å². The number of hydrogen-bond acceptors (Lipinski definition) is 3. The van der Waals surface area contributed by atoms with E-state index in [1.54, 1.807) is 0 Å². The first-order valence-electron chi connectivity index (χ1n) is 6.78. The van der Waals surface area contributed by atoms with E-state index in [-0.39, 0.29) is 18.0 Å². The third-order valence-electron chi connectivity index (χ3n) is 3.41. The summed E-state index contributed by atoms with van der Waals surface area (Å²) in [5, 5.41) is 0. The summed E-state index contributed by atoms with van der Waals surface area (Å²) in [7, 11) is 0. The van der Waals surface area contributed by atoms with Crippen LogP contribution < -0.4 is 4.74 Å². The molecule has 0 unspecified atom stereocenters. The third-order valence-corrected chi connectivity index (χ3v) is 3.94. The Bertz CT molecular complexity index is 408. The van der Waals surface area contributed by atoms with E-state index in [4.69, 9.17) is 9.47 Å². The van der Waals surface area contributed by atoms with Gasteiger partial charge in [-0.25, -0.2) is 0 Å². The van der Waals surface area contributed by atoms with Crippen molar-refractivity contribution in [2.24, 2.45) is 5.92 Å². The predicted octanol–water partition coefficient (Wildman–Crippen LogP) is 3.95. The van der Waals surface area contributed by atoms with E-state index >= 15 is 0 Å².